The minimum Gasteiger partial charge on any atom is -0.480 e. The van der Waals surface area contributed by atoms with Gasteiger partial charge in [-0.1, -0.05) is 12.8 Å². The minimum atomic E-state index is -1.11. The molecule has 0 heterocycles. The Hall–Kier alpha value is -0.260. The van der Waals surface area contributed by atoms with Crippen molar-refractivity contribution in [2.45, 2.75) is 19.1 Å². The lowest BCUT2D eigenvalue weighted by Crippen LogP contribution is -2.40. The predicted octanol–water partition coefficient (Wildman–Crippen LogP) is -0.745. The third-order valence-electron chi connectivity index (χ3n) is 0.888. The van der Waals surface area contributed by atoms with Gasteiger partial charge < -0.3 is 10.2 Å². The molecule has 0 rings (SSSR count). The highest BCUT2D eigenvalue weighted by Crippen LogP contribution is 1.92. The number of hydrogen-bond donors (Lipinski definition) is 4. The van der Waals surface area contributed by atoms with Crippen molar-refractivity contribution in [2.24, 2.45) is 0 Å². The lowest BCUT2D eigenvalue weighted by molar-refractivity contribution is -0.141. The maximum absolute atomic E-state index is 10.1. The molecule has 54 valence electrons. The molecule has 0 aliphatic heterocycles. The van der Waals surface area contributed by atoms with Crippen LogP contribution in [0.4, 0.5) is 0 Å². The van der Waals surface area contributed by atoms with Crippen molar-refractivity contribution >= 4 is 18.8 Å². The fourth-order valence-corrected chi connectivity index (χ4v) is 0.696. The SMILES string of the molecule is CC(O)C(NS)C(=O)O. The molecule has 9 heavy (non-hydrogen) atoms. The van der Waals surface area contributed by atoms with E-state index in [2.05, 4.69) is 17.5 Å². The number of hydrogen-bond acceptors (Lipinski definition) is 4. The first-order chi connectivity index (χ1) is 4.09. The van der Waals surface area contributed by atoms with Crippen molar-refractivity contribution in [1.29, 1.82) is 0 Å². The molecule has 0 aromatic carbocycles. The van der Waals surface area contributed by atoms with Crippen LogP contribution >= 0.6 is 12.8 Å². The normalized spacial score (nSPS) is 16.8. The first-order valence-corrected chi connectivity index (χ1v) is 2.84. The molecule has 2 unspecified atom stereocenters. The van der Waals surface area contributed by atoms with E-state index in [9.17, 15) is 4.79 Å². The van der Waals surface area contributed by atoms with Gasteiger partial charge in [-0.15, -0.1) is 0 Å². The Bertz CT molecular complexity index is 106. The summed E-state index contributed by atoms with van der Waals surface area (Å²) in [5, 5.41) is 17.0. The molecule has 4 nitrogen and oxygen atoms in total. The molecule has 0 radical (unpaired) electrons. The lowest BCUT2D eigenvalue weighted by atomic mass is 10.2. The second kappa shape index (κ2) is 3.71. The van der Waals surface area contributed by atoms with Crippen molar-refractivity contribution in [3.63, 3.8) is 0 Å². The maximum atomic E-state index is 10.1. The number of carbonyl (C=O) groups is 1. The van der Waals surface area contributed by atoms with Gasteiger partial charge in [0, 0.05) is 0 Å². The quantitative estimate of drug-likeness (QED) is 0.401. The van der Waals surface area contributed by atoms with Crippen molar-refractivity contribution in [1.82, 2.24) is 4.72 Å². The van der Waals surface area contributed by atoms with Crippen molar-refractivity contribution in [3.05, 3.63) is 0 Å². The van der Waals surface area contributed by atoms with Crippen molar-refractivity contribution in [2.75, 3.05) is 0 Å². The summed E-state index contributed by atoms with van der Waals surface area (Å²) >= 11 is 3.50. The first-order valence-electron chi connectivity index (χ1n) is 2.40. The average molecular weight is 151 g/mol. The molecular formula is C4H9NO3S. The number of rotatable bonds is 3. The number of carboxylic acid groups (broad SMARTS) is 1. The summed E-state index contributed by atoms with van der Waals surface area (Å²) in [4.78, 5) is 10.1. The fraction of sp³-hybridized carbons (Fsp3) is 0.750. The average Bonchev–Trinajstić information content (AvgIpc) is 1.64. The van der Waals surface area contributed by atoms with E-state index < -0.39 is 18.1 Å². The van der Waals surface area contributed by atoms with Gasteiger partial charge in [0.2, 0.25) is 0 Å². The van der Waals surface area contributed by atoms with E-state index in [-0.39, 0.29) is 0 Å². The molecule has 0 fully saturated rings. The summed E-state index contributed by atoms with van der Waals surface area (Å²) in [6.45, 7) is 1.38. The molecule has 2 atom stereocenters. The Morgan fingerprint density at radius 2 is 2.22 bits per heavy atom. The zero-order valence-corrected chi connectivity index (χ0v) is 5.80. The summed E-state index contributed by atoms with van der Waals surface area (Å²) < 4.78 is 2.15. The molecule has 0 aliphatic carbocycles. The van der Waals surface area contributed by atoms with Crippen LogP contribution in [0, 0.1) is 0 Å². The van der Waals surface area contributed by atoms with Gasteiger partial charge >= 0.3 is 5.97 Å². The highest BCUT2D eigenvalue weighted by atomic mass is 32.1. The Kier molecular flexibility index (Phi) is 3.60. The zero-order valence-electron chi connectivity index (χ0n) is 4.90. The van der Waals surface area contributed by atoms with E-state index in [0.29, 0.717) is 0 Å². The van der Waals surface area contributed by atoms with E-state index >= 15 is 0 Å². The van der Waals surface area contributed by atoms with Gasteiger partial charge in [0.15, 0.2) is 0 Å². The van der Waals surface area contributed by atoms with Gasteiger partial charge in [-0.3, -0.25) is 9.52 Å². The van der Waals surface area contributed by atoms with Crippen LogP contribution in [0.25, 0.3) is 0 Å². The number of aliphatic hydroxyl groups excluding tert-OH is 1. The third kappa shape index (κ3) is 2.69. The van der Waals surface area contributed by atoms with Crippen LogP contribution in [0.3, 0.4) is 0 Å². The molecule has 0 aromatic heterocycles. The van der Waals surface area contributed by atoms with Crippen molar-refractivity contribution in [3.8, 4) is 0 Å². The Morgan fingerprint density at radius 1 is 1.78 bits per heavy atom. The number of aliphatic hydroxyl groups is 1. The van der Waals surface area contributed by atoms with Gasteiger partial charge in [-0.05, 0) is 6.92 Å². The maximum Gasteiger partial charge on any atom is 0.324 e. The first kappa shape index (κ1) is 8.74. The van der Waals surface area contributed by atoms with Gasteiger partial charge in [0.25, 0.3) is 0 Å². The largest absolute Gasteiger partial charge is 0.480 e. The molecule has 5 heteroatoms. The third-order valence-corrected chi connectivity index (χ3v) is 1.17. The molecular weight excluding hydrogens is 142 g/mol. The van der Waals surface area contributed by atoms with Gasteiger partial charge in [0.1, 0.15) is 6.04 Å². The van der Waals surface area contributed by atoms with Gasteiger partial charge in [-0.25, -0.2) is 0 Å². The summed E-state index contributed by atoms with van der Waals surface area (Å²) in [6.07, 6.45) is -0.931. The standard InChI is InChI=1S/C4H9NO3S/c1-2(6)3(5-9)4(7)8/h2-3,5-6,9H,1H3,(H,7,8). The second-order valence-corrected chi connectivity index (χ2v) is 1.94. The summed E-state index contributed by atoms with van der Waals surface area (Å²) in [5.41, 5.74) is 0. The van der Waals surface area contributed by atoms with Crippen LogP contribution in [0.15, 0.2) is 0 Å². The lowest BCUT2D eigenvalue weighted by Gasteiger charge is -2.11. The summed E-state index contributed by atoms with van der Waals surface area (Å²) in [5.74, 6) is -1.11. The highest BCUT2D eigenvalue weighted by molar-refractivity contribution is 7.78. The molecule has 0 amide bonds. The molecule has 3 N–H and O–H groups in total. The summed E-state index contributed by atoms with van der Waals surface area (Å²) in [6, 6.07) is -0.992. The van der Waals surface area contributed by atoms with E-state index in [1.165, 1.54) is 6.92 Å². The topological polar surface area (TPSA) is 69.6 Å². The Balaban J connectivity index is 3.83. The molecule has 0 bridgehead atoms. The van der Waals surface area contributed by atoms with Crippen LogP contribution in [-0.2, 0) is 4.79 Å². The molecule has 0 spiro atoms. The Labute approximate surface area is 58.4 Å². The number of aliphatic carboxylic acids is 1. The molecule has 0 aliphatic rings. The fourth-order valence-electron chi connectivity index (χ4n) is 0.369. The number of thiol groups is 1. The molecule has 0 aromatic rings. The number of carboxylic acids is 1. The minimum absolute atomic E-state index is 0.931. The monoisotopic (exact) mass is 151 g/mol. The van der Waals surface area contributed by atoms with Gasteiger partial charge in [-0.2, -0.15) is 0 Å². The van der Waals surface area contributed by atoms with Crippen LogP contribution in [0.5, 0.6) is 0 Å². The van der Waals surface area contributed by atoms with E-state index in [4.69, 9.17) is 10.2 Å². The van der Waals surface area contributed by atoms with Crippen LogP contribution in [-0.4, -0.2) is 28.3 Å². The summed E-state index contributed by atoms with van der Waals surface area (Å²) in [7, 11) is 0. The van der Waals surface area contributed by atoms with E-state index in [1.54, 1.807) is 0 Å². The zero-order chi connectivity index (χ0) is 7.44. The molecule has 0 saturated heterocycles. The van der Waals surface area contributed by atoms with Crippen molar-refractivity contribution < 1.29 is 15.0 Å². The Morgan fingerprint density at radius 3 is 2.22 bits per heavy atom. The van der Waals surface area contributed by atoms with Crippen LogP contribution in [0.1, 0.15) is 6.92 Å². The predicted molar refractivity (Wildman–Crippen MR) is 35.2 cm³/mol. The van der Waals surface area contributed by atoms with Crippen LogP contribution in [0.2, 0.25) is 0 Å². The highest BCUT2D eigenvalue weighted by Gasteiger charge is 2.20. The van der Waals surface area contributed by atoms with E-state index in [1.807, 2.05) is 0 Å². The molecule has 0 saturated carbocycles. The second-order valence-electron chi connectivity index (χ2n) is 1.69. The number of nitrogens with one attached hydrogen (secondary N) is 1. The van der Waals surface area contributed by atoms with Gasteiger partial charge in [0.05, 0.1) is 6.10 Å². The van der Waals surface area contributed by atoms with Crippen LogP contribution < -0.4 is 4.72 Å². The smallest absolute Gasteiger partial charge is 0.324 e. The van der Waals surface area contributed by atoms with E-state index in [0.717, 1.165) is 0 Å².